The standard InChI is InChI=1S/C21H28N2O/c1-22(2)13-14-23(19-7-5-4-6-8-19)20-11-9-18-16-21(24-3)12-10-17(18)15-20/h4-8,10,12,16,20H,9,11,13-15H2,1-3H3. The van der Waals surface area contributed by atoms with Crippen molar-refractivity contribution in [2.24, 2.45) is 0 Å². The summed E-state index contributed by atoms with van der Waals surface area (Å²) in [6.45, 7) is 2.13. The van der Waals surface area contributed by atoms with E-state index in [0.29, 0.717) is 6.04 Å². The third kappa shape index (κ3) is 3.90. The van der Waals surface area contributed by atoms with Gasteiger partial charge in [-0.2, -0.15) is 0 Å². The van der Waals surface area contributed by atoms with E-state index < -0.39 is 0 Å². The van der Waals surface area contributed by atoms with Crippen LogP contribution in [0.15, 0.2) is 48.5 Å². The third-order valence-corrected chi connectivity index (χ3v) is 4.93. The number of ether oxygens (including phenoxy) is 1. The van der Waals surface area contributed by atoms with E-state index in [1.165, 1.54) is 23.2 Å². The van der Waals surface area contributed by atoms with Crippen molar-refractivity contribution in [3.63, 3.8) is 0 Å². The molecule has 1 aliphatic carbocycles. The summed E-state index contributed by atoms with van der Waals surface area (Å²) in [5.74, 6) is 0.972. The first-order valence-corrected chi connectivity index (χ1v) is 8.79. The van der Waals surface area contributed by atoms with Crippen LogP contribution < -0.4 is 9.64 Å². The monoisotopic (exact) mass is 324 g/mol. The Balaban J connectivity index is 1.80. The van der Waals surface area contributed by atoms with E-state index >= 15 is 0 Å². The molecule has 2 aromatic carbocycles. The lowest BCUT2D eigenvalue weighted by Crippen LogP contribution is -2.43. The van der Waals surface area contributed by atoms with Crippen LogP contribution in [0.4, 0.5) is 5.69 Å². The number of benzene rings is 2. The van der Waals surface area contributed by atoms with Crippen LogP contribution in [0, 0.1) is 0 Å². The van der Waals surface area contributed by atoms with Crippen molar-refractivity contribution in [1.82, 2.24) is 4.90 Å². The van der Waals surface area contributed by atoms with Crippen molar-refractivity contribution < 1.29 is 4.74 Å². The quantitative estimate of drug-likeness (QED) is 0.807. The summed E-state index contributed by atoms with van der Waals surface area (Å²) in [4.78, 5) is 4.85. The second-order valence-corrected chi connectivity index (χ2v) is 6.86. The molecule has 0 radical (unpaired) electrons. The minimum Gasteiger partial charge on any atom is -0.497 e. The molecule has 0 fully saturated rings. The zero-order chi connectivity index (χ0) is 16.9. The molecule has 1 aliphatic rings. The topological polar surface area (TPSA) is 15.7 Å². The van der Waals surface area contributed by atoms with Gasteiger partial charge in [0.2, 0.25) is 0 Å². The van der Waals surface area contributed by atoms with Crippen LogP contribution in [0.1, 0.15) is 17.5 Å². The van der Waals surface area contributed by atoms with E-state index in [4.69, 9.17) is 4.74 Å². The molecule has 0 heterocycles. The predicted octanol–water partition coefficient (Wildman–Crippen LogP) is 3.62. The van der Waals surface area contributed by atoms with Crippen molar-refractivity contribution in [2.45, 2.75) is 25.3 Å². The average Bonchev–Trinajstić information content (AvgIpc) is 2.62. The van der Waals surface area contributed by atoms with Gasteiger partial charge in [0.05, 0.1) is 7.11 Å². The van der Waals surface area contributed by atoms with E-state index in [-0.39, 0.29) is 0 Å². The van der Waals surface area contributed by atoms with Gasteiger partial charge in [0.15, 0.2) is 0 Å². The van der Waals surface area contributed by atoms with Gasteiger partial charge in [0.1, 0.15) is 5.75 Å². The molecular formula is C21H28N2O. The molecule has 0 spiro atoms. The molecule has 0 aromatic heterocycles. The van der Waals surface area contributed by atoms with Gasteiger partial charge in [0.25, 0.3) is 0 Å². The molecular weight excluding hydrogens is 296 g/mol. The summed E-state index contributed by atoms with van der Waals surface area (Å²) in [5, 5.41) is 0. The Bertz CT molecular complexity index is 654. The van der Waals surface area contributed by atoms with Crippen LogP contribution in [0.3, 0.4) is 0 Å². The van der Waals surface area contributed by atoms with Gasteiger partial charge in [0, 0.05) is 24.8 Å². The van der Waals surface area contributed by atoms with E-state index in [9.17, 15) is 0 Å². The minimum absolute atomic E-state index is 0.563. The molecule has 1 atom stereocenters. The van der Waals surface area contributed by atoms with Crippen molar-refractivity contribution in [2.75, 3.05) is 39.2 Å². The van der Waals surface area contributed by atoms with Gasteiger partial charge in [-0.15, -0.1) is 0 Å². The molecule has 3 heteroatoms. The van der Waals surface area contributed by atoms with E-state index in [0.717, 1.165) is 31.7 Å². The fraction of sp³-hybridized carbons (Fsp3) is 0.429. The Morgan fingerprint density at radius 2 is 1.79 bits per heavy atom. The number of nitrogens with zero attached hydrogens (tertiary/aromatic N) is 2. The van der Waals surface area contributed by atoms with Gasteiger partial charge in [-0.05, 0) is 68.8 Å². The first-order valence-electron chi connectivity index (χ1n) is 8.79. The largest absolute Gasteiger partial charge is 0.497 e. The highest BCUT2D eigenvalue weighted by molar-refractivity contribution is 5.49. The molecule has 0 saturated carbocycles. The van der Waals surface area contributed by atoms with Crippen LogP contribution in [-0.4, -0.2) is 45.2 Å². The lowest BCUT2D eigenvalue weighted by atomic mass is 9.87. The highest BCUT2D eigenvalue weighted by Gasteiger charge is 2.24. The van der Waals surface area contributed by atoms with Crippen LogP contribution >= 0.6 is 0 Å². The van der Waals surface area contributed by atoms with Crippen molar-refractivity contribution in [1.29, 1.82) is 0 Å². The number of methoxy groups -OCH3 is 1. The Morgan fingerprint density at radius 1 is 1.00 bits per heavy atom. The fourth-order valence-electron chi connectivity index (χ4n) is 3.55. The Hall–Kier alpha value is -2.00. The maximum atomic E-state index is 5.37. The number of anilines is 1. The first kappa shape index (κ1) is 16.8. The molecule has 0 saturated heterocycles. The fourth-order valence-corrected chi connectivity index (χ4v) is 3.55. The van der Waals surface area contributed by atoms with Gasteiger partial charge in [-0.1, -0.05) is 24.3 Å². The Kier molecular flexibility index (Phi) is 5.41. The van der Waals surface area contributed by atoms with Crippen LogP contribution in [-0.2, 0) is 12.8 Å². The average molecular weight is 324 g/mol. The highest BCUT2D eigenvalue weighted by Crippen LogP contribution is 2.30. The number of aryl methyl sites for hydroxylation is 1. The summed E-state index contributed by atoms with van der Waals surface area (Å²) in [6, 6.07) is 17.9. The van der Waals surface area contributed by atoms with Gasteiger partial charge >= 0.3 is 0 Å². The summed E-state index contributed by atoms with van der Waals surface area (Å²) < 4.78 is 5.37. The molecule has 24 heavy (non-hydrogen) atoms. The maximum absolute atomic E-state index is 5.37. The predicted molar refractivity (Wildman–Crippen MR) is 101 cm³/mol. The van der Waals surface area contributed by atoms with Crippen molar-refractivity contribution in [3.05, 3.63) is 59.7 Å². The maximum Gasteiger partial charge on any atom is 0.119 e. The molecule has 0 bridgehead atoms. The Labute approximate surface area is 145 Å². The molecule has 3 nitrogen and oxygen atoms in total. The van der Waals surface area contributed by atoms with E-state index in [1.54, 1.807) is 7.11 Å². The number of hydrogen-bond acceptors (Lipinski definition) is 3. The third-order valence-electron chi connectivity index (χ3n) is 4.93. The second-order valence-electron chi connectivity index (χ2n) is 6.86. The second kappa shape index (κ2) is 7.71. The molecule has 128 valence electrons. The molecule has 2 aromatic rings. The summed E-state index contributed by atoms with van der Waals surface area (Å²) >= 11 is 0. The molecule has 3 rings (SSSR count). The zero-order valence-electron chi connectivity index (χ0n) is 15.0. The van der Waals surface area contributed by atoms with Crippen LogP contribution in [0.2, 0.25) is 0 Å². The molecule has 0 N–H and O–H groups in total. The molecule has 0 aliphatic heterocycles. The minimum atomic E-state index is 0.563. The number of fused-ring (bicyclic) bond motifs is 1. The first-order chi connectivity index (χ1) is 11.7. The number of hydrogen-bond donors (Lipinski definition) is 0. The Morgan fingerprint density at radius 3 is 2.50 bits per heavy atom. The van der Waals surface area contributed by atoms with Crippen molar-refractivity contribution in [3.8, 4) is 5.75 Å². The molecule has 1 unspecified atom stereocenters. The lowest BCUT2D eigenvalue weighted by molar-refractivity contribution is 0.396. The normalized spacial score (nSPS) is 16.8. The number of rotatable bonds is 6. The SMILES string of the molecule is COc1ccc2c(c1)CCC(N(CCN(C)C)c1ccccc1)C2. The van der Waals surface area contributed by atoms with Crippen LogP contribution in [0.25, 0.3) is 0 Å². The highest BCUT2D eigenvalue weighted by atomic mass is 16.5. The van der Waals surface area contributed by atoms with Gasteiger partial charge < -0.3 is 14.5 Å². The van der Waals surface area contributed by atoms with E-state index in [1.807, 2.05) is 0 Å². The zero-order valence-corrected chi connectivity index (χ0v) is 15.0. The molecule has 0 amide bonds. The summed E-state index contributed by atoms with van der Waals surface area (Å²) in [5.41, 5.74) is 4.25. The van der Waals surface area contributed by atoms with E-state index in [2.05, 4.69) is 72.4 Å². The lowest BCUT2D eigenvalue weighted by Gasteiger charge is -2.37. The smallest absolute Gasteiger partial charge is 0.119 e. The van der Waals surface area contributed by atoms with Crippen molar-refractivity contribution >= 4 is 5.69 Å². The number of likely N-dealkylation sites (N-methyl/N-ethyl adjacent to an activating group) is 1. The summed E-state index contributed by atoms with van der Waals surface area (Å²) in [7, 11) is 6.03. The van der Waals surface area contributed by atoms with Crippen LogP contribution in [0.5, 0.6) is 5.75 Å². The van der Waals surface area contributed by atoms with Gasteiger partial charge in [-0.25, -0.2) is 0 Å². The number of para-hydroxylation sites is 1. The summed E-state index contributed by atoms with van der Waals surface area (Å²) in [6.07, 6.45) is 3.44. The van der Waals surface area contributed by atoms with Gasteiger partial charge in [-0.3, -0.25) is 0 Å².